The van der Waals surface area contributed by atoms with Crippen LogP contribution in [0.3, 0.4) is 0 Å². The van der Waals surface area contributed by atoms with E-state index in [9.17, 15) is 4.79 Å². The maximum absolute atomic E-state index is 12.7. The molecule has 0 aromatic carbocycles. The standard InChI is InChI=1S/C14H15Br2NOS/c1-2-9-10-11(13(16)19-12(10)15)14(18)17(9)8-6-4-3-5-7-8/h2,8H,3-7H2,1H3/b9-2+. The first kappa shape index (κ1) is 13.8. The minimum absolute atomic E-state index is 0.170. The molecule has 1 saturated carbocycles. The number of halogens is 2. The summed E-state index contributed by atoms with van der Waals surface area (Å²) in [6, 6.07) is 0.378. The number of thiophene rings is 1. The highest BCUT2D eigenvalue weighted by molar-refractivity contribution is 9.12. The Morgan fingerprint density at radius 1 is 1.16 bits per heavy atom. The topological polar surface area (TPSA) is 20.3 Å². The van der Waals surface area contributed by atoms with Gasteiger partial charge in [-0.05, 0) is 51.6 Å². The van der Waals surface area contributed by atoms with E-state index in [1.54, 1.807) is 11.3 Å². The maximum atomic E-state index is 12.7. The molecular formula is C14H15Br2NOS. The minimum Gasteiger partial charge on any atom is -0.305 e. The molecule has 0 bridgehead atoms. The molecule has 0 saturated heterocycles. The predicted molar refractivity (Wildman–Crippen MR) is 86.4 cm³/mol. The Balaban J connectivity index is 2.05. The lowest BCUT2D eigenvalue weighted by Crippen LogP contribution is -2.36. The second kappa shape index (κ2) is 5.34. The van der Waals surface area contributed by atoms with Gasteiger partial charge in [0.15, 0.2) is 0 Å². The summed E-state index contributed by atoms with van der Waals surface area (Å²) in [4.78, 5) is 14.8. The number of hydrogen-bond donors (Lipinski definition) is 0. The van der Waals surface area contributed by atoms with Gasteiger partial charge in [-0.1, -0.05) is 25.3 Å². The van der Waals surface area contributed by atoms with Crippen molar-refractivity contribution in [3.05, 3.63) is 24.8 Å². The molecule has 1 amide bonds. The van der Waals surface area contributed by atoms with Crippen LogP contribution in [0.1, 0.15) is 54.9 Å². The fourth-order valence-electron chi connectivity index (χ4n) is 3.13. The van der Waals surface area contributed by atoms with Gasteiger partial charge in [0.2, 0.25) is 0 Å². The molecule has 102 valence electrons. The van der Waals surface area contributed by atoms with Crippen LogP contribution in [-0.2, 0) is 0 Å². The maximum Gasteiger partial charge on any atom is 0.261 e. The summed E-state index contributed by atoms with van der Waals surface area (Å²) >= 11 is 8.72. The van der Waals surface area contributed by atoms with Crippen LogP contribution in [0.25, 0.3) is 5.70 Å². The zero-order chi connectivity index (χ0) is 13.6. The first-order chi connectivity index (χ1) is 9.15. The Kier molecular flexibility index (Phi) is 3.89. The summed E-state index contributed by atoms with van der Waals surface area (Å²) in [5.74, 6) is 0.170. The van der Waals surface area contributed by atoms with Crippen molar-refractivity contribution in [2.45, 2.75) is 45.1 Å². The van der Waals surface area contributed by atoms with Crippen molar-refractivity contribution in [2.24, 2.45) is 0 Å². The zero-order valence-electron chi connectivity index (χ0n) is 10.7. The number of fused-ring (bicyclic) bond motifs is 1. The number of nitrogens with zero attached hydrogens (tertiary/aromatic N) is 1. The Morgan fingerprint density at radius 2 is 1.79 bits per heavy atom. The molecule has 1 fully saturated rings. The van der Waals surface area contributed by atoms with E-state index in [0.29, 0.717) is 6.04 Å². The van der Waals surface area contributed by atoms with Crippen LogP contribution in [0.15, 0.2) is 13.6 Å². The van der Waals surface area contributed by atoms with Crippen molar-refractivity contribution in [1.82, 2.24) is 4.90 Å². The molecular weight excluding hydrogens is 390 g/mol. The highest BCUT2D eigenvalue weighted by Gasteiger charge is 2.40. The molecule has 1 aromatic rings. The molecule has 2 heterocycles. The van der Waals surface area contributed by atoms with Crippen molar-refractivity contribution in [3.63, 3.8) is 0 Å². The van der Waals surface area contributed by atoms with Crippen LogP contribution in [-0.4, -0.2) is 16.8 Å². The molecule has 2 aliphatic rings. The van der Waals surface area contributed by atoms with Crippen molar-refractivity contribution in [2.75, 3.05) is 0 Å². The summed E-state index contributed by atoms with van der Waals surface area (Å²) in [6.07, 6.45) is 8.11. The lowest BCUT2D eigenvalue weighted by Gasteiger charge is -2.32. The molecule has 1 aliphatic carbocycles. The molecule has 5 heteroatoms. The molecule has 1 aliphatic heterocycles. The predicted octanol–water partition coefficient (Wildman–Crippen LogP) is 5.42. The first-order valence-corrected chi connectivity index (χ1v) is 9.03. The van der Waals surface area contributed by atoms with E-state index in [0.717, 1.165) is 37.2 Å². The number of rotatable bonds is 1. The average molecular weight is 405 g/mol. The number of hydrogen-bond acceptors (Lipinski definition) is 2. The molecule has 0 N–H and O–H groups in total. The monoisotopic (exact) mass is 403 g/mol. The van der Waals surface area contributed by atoms with E-state index < -0.39 is 0 Å². The van der Waals surface area contributed by atoms with Gasteiger partial charge in [0.1, 0.15) is 0 Å². The SMILES string of the molecule is C/C=C1\c2c(Br)sc(Br)c2C(=O)N1C1CCCCC1. The van der Waals surface area contributed by atoms with Gasteiger partial charge >= 0.3 is 0 Å². The Bertz CT molecular complexity index is 558. The van der Waals surface area contributed by atoms with E-state index >= 15 is 0 Å². The lowest BCUT2D eigenvalue weighted by atomic mass is 9.94. The number of carbonyl (C=O) groups is 1. The van der Waals surface area contributed by atoms with Crippen LogP contribution in [0.4, 0.5) is 0 Å². The van der Waals surface area contributed by atoms with Gasteiger partial charge in [-0.25, -0.2) is 0 Å². The van der Waals surface area contributed by atoms with Crippen LogP contribution < -0.4 is 0 Å². The van der Waals surface area contributed by atoms with E-state index in [1.165, 1.54) is 19.3 Å². The van der Waals surface area contributed by atoms with Gasteiger partial charge in [-0.3, -0.25) is 4.79 Å². The summed E-state index contributed by atoms with van der Waals surface area (Å²) < 4.78 is 1.99. The van der Waals surface area contributed by atoms with Crippen LogP contribution in [0.2, 0.25) is 0 Å². The lowest BCUT2D eigenvalue weighted by molar-refractivity contribution is 0.0776. The largest absolute Gasteiger partial charge is 0.305 e. The summed E-state index contributed by atoms with van der Waals surface area (Å²) in [6.45, 7) is 2.02. The summed E-state index contributed by atoms with van der Waals surface area (Å²) in [7, 11) is 0. The summed E-state index contributed by atoms with van der Waals surface area (Å²) in [5, 5.41) is 0. The minimum atomic E-state index is 0.170. The van der Waals surface area contributed by atoms with Crippen LogP contribution in [0.5, 0.6) is 0 Å². The molecule has 2 nitrogen and oxygen atoms in total. The quantitative estimate of drug-likeness (QED) is 0.611. The molecule has 1 aromatic heterocycles. The fraction of sp³-hybridized carbons (Fsp3) is 0.500. The van der Waals surface area contributed by atoms with Crippen molar-refractivity contribution in [1.29, 1.82) is 0 Å². The highest BCUT2D eigenvalue weighted by atomic mass is 79.9. The van der Waals surface area contributed by atoms with E-state index in [-0.39, 0.29) is 5.91 Å². The smallest absolute Gasteiger partial charge is 0.261 e. The summed E-state index contributed by atoms with van der Waals surface area (Å²) in [5.41, 5.74) is 3.01. The molecule has 0 radical (unpaired) electrons. The van der Waals surface area contributed by atoms with Gasteiger partial charge < -0.3 is 4.90 Å². The van der Waals surface area contributed by atoms with Gasteiger partial charge in [0.05, 0.1) is 18.8 Å². The first-order valence-electron chi connectivity index (χ1n) is 6.63. The average Bonchev–Trinajstić information content (AvgIpc) is 2.87. The Morgan fingerprint density at radius 3 is 2.42 bits per heavy atom. The fourth-order valence-corrected chi connectivity index (χ4v) is 6.28. The van der Waals surface area contributed by atoms with Crippen molar-refractivity contribution >= 4 is 54.8 Å². The molecule has 0 atom stereocenters. The van der Waals surface area contributed by atoms with E-state index in [4.69, 9.17) is 0 Å². The molecule has 19 heavy (non-hydrogen) atoms. The third kappa shape index (κ3) is 2.14. The second-order valence-corrected chi connectivity index (χ2v) is 8.70. The Hall–Kier alpha value is -0.130. The van der Waals surface area contributed by atoms with Crippen molar-refractivity contribution < 1.29 is 4.79 Å². The third-order valence-corrected chi connectivity index (χ3v) is 6.51. The van der Waals surface area contributed by atoms with Gasteiger partial charge in [-0.2, -0.15) is 0 Å². The van der Waals surface area contributed by atoms with Crippen LogP contribution >= 0.6 is 43.2 Å². The van der Waals surface area contributed by atoms with Gasteiger partial charge in [0, 0.05) is 11.6 Å². The molecule has 3 rings (SSSR count). The van der Waals surface area contributed by atoms with Crippen LogP contribution in [0, 0.1) is 0 Å². The number of carbonyl (C=O) groups excluding carboxylic acids is 1. The van der Waals surface area contributed by atoms with E-state index in [2.05, 4.69) is 37.9 Å². The number of allylic oxidation sites excluding steroid dienone is 1. The van der Waals surface area contributed by atoms with Crippen molar-refractivity contribution in [3.8, 4) is 0 Å². The third-order valence-electron chi connectivity index (χ3n) is 3.98. The Labute approximate surface area is 134 Å². The highest BCUT2D eigenvalue weighted by Crippen LogP contribution is 2.48. The zero-order valence-corrected chi connectivity index (χ0v) is 14.7. The van der Waals surface area contributed by atoms with Gasteiger partial charge in [0.25, 0.3) is 5.91 Å². The van der Waals surface area contributed by atoms with E-state index in [1.807, 2.05) is 11.8 Å². The normalized spacial score (nSPS) is 22.4. The number of amides is 1. The second-order valence-electron chi connectivity index (χ2n) is 5.04. The molecule has 0 spiro atoms. The molecule has 0 unspecified atom stereocenters. The van der Waals surface area contributed by atoms with Gasteiger partial charge in [-0.15, -0.1) is 11.3 Å².